The van der Waals surface area contributed by atoms with Gasteiger partial charge in [0.1, 0.15) is 5.75 Å². The number of nitrogens with zero attached hydrogens (tertiary/aromatic N) is 2. The van der Waals surface area contributed by atoms with Crippen molar-refractivity contribution in [1.29, 1.82) is 0 Å². The number of hydrogen-bond donors (Lipinski definition) is 1. The Morgan fingerprint density at radius 2 is 2.04 bits per heavy atom. The van der Waals surface area contributed by atoms with Gasteiger partial charge in [0, 0.05) is 27.7 Å². The van der Waals surface area contributed by atoms with E-state index in [9.17, 15) is 9.90 Å². The molecule has 1 heterocycles. The van der Waals surface area contributed by atoms with Gasteiger partial charge in [-0.2, -0.15) is 10.1 Å². The van der Waals surface area contributed by atoms with Gasteiger partial charge >= 0.3 is 0 Å². The Kier molecular flexibility index (Phi) is 4.92. The van der Waals surface area contributed by atoms with E-state index in [0.29, 0.717) is 29.7 Å². The lowest BCUT2D eigenvalue weighted by Gasteiger charge is -2.31. The molecular weight excluding hydrogens is 384 g/mol. The normalized spacial score (nSPS) is 19.7. The van der Waals surface area contributed by atoms with Gasteiger partial charge in [0.15, 0.2) is 5.72 Å². The van der Waals surface area contributed by atoms with E-state index in [0.717, 1.165) is 10.2 Å². The molecule has 2 aromatic rings. The number of ether oxygens (including phenoxy) is 1. The zero-order valence-corrected chi connectivity index (χ0v) is 15.7. The summed E-state index contributed by atoms with van der Waals surface area (Å²) in [6.07, 6.45) is 0.960. The van der Waals surface area contributed by atoms with Crippen molar-refractivity contribution in [3.63, 3.8) is 0 Å². The second-order valence-corrected chi connectivity index (χ2v) is 6.78. The lowest BCUT2D eigenvalue weighted by atomic mass is 9.96. The summed E-state index contributed by atoms with van der Waals surface area (Å²) in [6, 6.07) is 14.1. The number of carbonyl (C=O) groups is 1. The molecule has 0 radical (unpaired) electrons. The molecule has 0 aliphatic carbocycles. The van der Waals surface area contributed by atoms with E-state index in [1.807, 2.05) is 19.1 Å². The van der Waals surface area contributed by atoms with Crippen LogP contribution in [-0.4, -0.2) is 28.8 Å². The number of benzene rings is 2. The van der Waals surface area contributed by atoms with Crippen LogP contribution >= 0.6 is 15.9 Å². The Bertz CT molecular complexity index is 820. The van der Waals surface area contributed by atoms with E-state index in [4.69, 9.17) is 4.74 Å². The zero-order valence-electron chi connectivity index (χ0n) is 14.1. The first kappa shape index (κ1) is 17.6. The topological polar surface area (TPSA) is 62.1 Å². The van der Waals surface area contributed by atoms with Crippen LogP contribution in [0.2, 0.25) is 0 Å². The lowest BCUT2D eigenvalue weighted by molar-refractivity contribution is -0.0765. The van der Waals surface area contributed by atoms with Crippen LogP contribution in [0.5, 0.6) is 5.75 Å². The second kappa shape index (κ2) is 6.98. The summed E-state index contributed by atoms with van der Waals surface area (Å²) >= 11 is 3.39. The highest BCUT2D eigenvalue weighted by molar-refractivity contribution is 9.10. The minimum absolute atomic E-state index is 0.293. The molecule has 1 atom stereocenters. The van der Waals surface area contributed by atoms with Gasteiger partial charge in [-0.1, -0.05) is 41.1 Å². The summed E-state index contributed by atoms with van der Waals surface area (Å²) in [5.74, 6) is 0.213. The molecule has 0 spiro atoms. The molecule has 130 valence electrons. The molecular formula is C19H19BrN2O3. The quantitative estimate of drug-likeness (QED) is 0.842. The largest absolute Gasteiger partial charge is 0.497 e. The van der Waals surface area contributed by atoms with E-state index in [1.165, 1.54) is 5.01 Å². The molecule has 2 aromatic carbocycles. The number of methoxy groups -OCH3 is 1. The highest BCUT2D eigenvalue weighted by atomic mass is 79.9. The van der Waals surface area contributed by atoms with Crippen molar-refractivity contribution in [2.45, 2.75) is 25.5 Å². The molecule has 25 heavy (non-hydrogen) atoms. The molecule has 0 saturated heterocycles. The van der Waals surface area contributed by atoms with Crippen LogP contribution in [0.3, 0.4) is 0 Å². The summed E-state index contributed by atoms with van der Waals surface area (Å²) < 4.78 is 6.09. The summed E-state index contributed by atoms with van der Waals surface area (Å²) in [4.78, 5) is 13.0. The van der Waals surface area contributed by atoms with Crippen molar-refractivity contribution in [3.8, 4) is 5.75 Å². The Morgan fingerprint density at radius 3 is 2.68 bits per heavy atom. The first-order valence-electron chi connectivity index (χ1n) is 8.01. The van der Waals surface area contributed by atoms with Crippen molar-refractivity contribution in [1.82, 2.24) is 5.01 Å². The number of hydrogen-bond acceptors (Lipinski definition) is 4. The van der Waals surface area contributed by atoms with Crippen molar-refractivity contribution in [3.05, 3.63) is 64.1 Å². The Labute approximate surface area is 155 Å². The van der Waals surface area contributed by atoms with Crippen LogP contribution in [0.15, 0.2) is 58.1 Å². The van der Waals surface area contributed by atoms with Crippen LogP contribution in [0.1, 0.15) is 35.7 Å². The SMILES string of the molecule is CCC1=NN(C(=O)c2cccc(OC)c2)[C@](O)(c2ccc(Br)cc2)C1. The predicted octanol–water partition coefficient (Wildman–Crippen LogP) is 3.91. The van der Waals surface area contributed by atoms with Crippen LogP contribution in [0, 0.1) is 0 Å². The zero-order chi connectivity index (χ0) is 18.0. The Balaban J connectivity index is 2.01. The maximum absolute atomic E-state index is 13.0. The minimum atomic E-state index is -1.49. The average molecular weight is 403 g/mol. The highest BCUT2D eigenvalue weighted by Gasteiger charge is 2.45. The van der Waals surface area contributed by atoms with Gasteiger partial charge in [0.05, 0.1) is 7.11 Å². The van der Waals surface area contributed by atoms with Crippen LogP contribution in [-0.2, 0) is 5.72 Å². The number of rotatable bonds is 4. The van der Waals surface area contributed by atoms with Gasteiger partial charge in [-0.05, 0) is 36.8 Å². The first-order chi connectivity index (χ1) is 12.0. The fraction of sp³-hybridized carbons (Fsp3) is 0.263. The van der Waals surface area contributed by atoms with Crippen LogP contribution < -0.4 is 4.74 Å². The average Bonchev–Trinajstić information content (AvgIpc) is 2.99. The maximum atomic E-state index is 13.0. The summed E-state index contributed by atoms with van der Waals surface area (Å²) in [6.45, 7) is 1.96. The molecule has 3 rings (SSSR count). The fourth-order valence-electron chi connectivity index (χ4n) is 2.85. The molecule has 1 amide bonds. The Hall–Kier alpha value is -2.18. The maximum Gasteiger partial charge on any atom is 0.277 e. The van der Waals surface area contributed by atoms with Crippen molar-refractivity contribution in [2.24, 2.45) is 5.10 Å². The number of amides is 1. The smallest absolute Gasteiger partial charge is 0.277 e. The molecule has 0 bridgehead atoms. The highest BCUT2D eigenvalue weighted by Crippen LogP contribution is 2.37. The van der Waals surface area contributed by atoms with Gasteiger partial charge in [0.25, 0.3) is 5.91 Å². The van der Waals surface area contributed by atoms with Gasteiger partial charge in [-0.15, -0.1) is 0 Å². The monoisotopic (exact) mass is 402 g/mol. The first-order valence-corrected chi connectivity index (χ1v) is 8.80. The van der Waals surface area contributed by atoms with Crippen LogP contribution in [0.25, 0.3) is 0 Å². The standard InChI is InChI=1S/C19H19BrN2O3/c1-3-16-12-19(24,14-7-9-15(20)10-8-14)22(21-16)18(23)13-5-4-6-17(11-13)25-2/h4-11,24H,3,12H2,1-2H3/t19-/m1/s1. The molecule has 1 aliphatic heterocycles. The van der Waals surface area contributed by atoms with Crippen molar-refractivity contribution < 1.29 is 14.6 Å². The third-order valence-electron chi connectivity index (χ3n) is 4.27. The fourth-order valence-corrected chi connectivity index (χ4v) is 3.11. The summed E-state index contributed by atoms with van der Waals surface area (Å²) in [5.41, 5.74) is 0.323. The molecule has 1 aliphatic rings. The number of aliphatic hydroxyl groups is 1. The van der Waals surface area contributed by atoms with Gasteiger partial charge in [-0.25, -0.2) is 0 Å². The molecule has 1 N–H and O–H groups in total. The molecule has 0 saturated carbocycles. The predicted molar refractivity (Wildman–Crippen MR) is 99.5 cm³/mol. The van der Waals surface area contributed by atoms with E-state index in [-0.39, 0.29) is 5.91 Å². The summed E-state index contributed by atoms with van der Waals surface area (Å²) in [7, 11) is 1.55. The molecule has 0 aromatic heterocycles. The third-order valence-corrected chi connectivity index (χ3v) is 4.79. The number of carbonyl (C=O) groups excluding carboxylic acids is 1. The number of halogens is 1. The van der Waals surface area contributed by atoms with E-state index >= 15 is 0 Å². The number of hydrazone groups is 1. The lowest BCUT2D eigenvalue weighted by Crippen LogP contribution is -2.43. The molecule has 5 nitrogen and oxygen atoms in total. The molecule has 0 fully saturated rings. The molecule has 6 heteroatoms. The Morgan fingerprint density at radius 1 is 1.32 bits per heavy atom. The van der Waals surface area contributed by atoms with E-state index in [2.05, 4.69) is 21.0 Å². The van der Waals surface area contributed by atoms with Gasteiger partial charge in [0.2, 0.25) is 0 Å². The van der Waals surface area contributed by atoms with Gasteiger partial charge in [-0.3, -0.25) is 4.79 Å². The molecule has 0 unspecified atom stereocenters. The van der Waals surface area contributed by atoms with Crippen LogP contribution in [0.4, 0.5) is 0 Å². The van der Waals surface area contributed by atoms with Gasteiger partial charge < -0.3 is 9.84 Å². The van der Waals surface area contributed by atoms with Crippen molar-refractivity contribution >= 4 is 27.5 Å². The van der Waals surface area contributed by atoms with E-state index in [1.54, 1.807) is 43.5 Å². The minimum Gasteiger partial charge on any atom is -0.497 e. The third kappa shape index (κ3) is 3.32. The van der Waals surface area contributed by atoms with Crippen molar-refractivity contribution in [2.75, 3.05) is 7.11 Å². The summed E-state index contributed by atoms with van der Waals surface area (Å²) in [5, 5.41) is 16.9. The van der Waals surface area contributed by atoms with E-state index < -0.39 is 5.72 Å². The second-order valence-electron chi connectivity index (χ2n) is 5.87.